The van der Waals surface area contributed by atoms with Gasteiger partial charge in [0.2, 0.25) is 0 Å². The van der Waals surface area contributed by atoms with Gasteiger partial charge in [0.1, 0.15) is 5.82 Å². The first-order valence-electron chi connectivity index (χ1n) is 7.66. The van der Waals surface area contributed by atoms with Crippen molar-refractivity contribution in [1.82, 2.24) is 9.80 Å². The fraction of sp³-hybridized carbons (Fsp3) is 0.625. The number of hydrogen-bond acceptors (Lipinski definition) is 3. The van der Waals surface area contributed by atoms with E-state index >= 15 is 0 Å². The summed E-state index contributed by atoms with van der Waals surface area (Å²) in [4.78, 5) is 4.68. The SMILES string of the molecule is CCC1CN(C)CCCN1C(CN)c1c(F)cccc1Cl. The van der Waals surface area contributed by atoms with Crippen molar-refractivity contribution >= 4 is 11.6 Å². The smallest absolute Gasteiger partial charge is 0.129 e. The number of rotatable bonds is 4. The Balaban J connectivity index is 2.34. The second-order valence-corrected chi connectivity index (χ2v) is 6.21. The van der Waals surface area contributed by atoms with Crippen molar-refractivity contribution in [1.29, 1.82) is 0 Å². The zero-order valence-corrected chi connectivity index (χ0v) is 13.6. The van der Waals surface area contributed by atoms with E-state index in [4.69, 9.17) is 17.3 Å². The molecule has 21 heavy (non-hydrogen) atoms. The summed E-state index contributed by atoms with van der Waals surface area (Å²) in [5.74, 6) is -0.259. The summed E-state index contributed by atoms with van der Waals surface area (Å²) in [5, 5.41) is 0.470. The van der Waals surface area contributed by atoms with Crippen LogP contribution in [0.5, 0.6) is 0 Å². The summed E-state index contributed by atoms with van der Waals surface area (Å²) in [6, 6.07) is 5.07. The Morgan fingerprint density at radius 1 is 1.43 bits per heavy atom. The number of benzene rings is 1. The molecule has 0 bridgehead atoms. The Kier molecular flexibility index (Phi) is 5.99. The second kappa shape index (κ2) is 7.54. The molecule has 1 heterocycles. The van der Waals surface area contributed by atoms with Gasteiger partial charge in [0.25, 0.3) is 0 Å². The van der Waals surface area contributed by atoms with E-state index in [1.807, 2.05) is 0 Å². The Labute approximate surface area is 131 Å². The zero-order valence-electron chi connectivity index (χ0n) is 12.9. The van der Waals surface area contributed by atoms with Crippen molar-refractivity contribution in [3.8, 4) is 0 Å². The molecule has 118 valence electrons. The number of nitrogens with zero attached hydrogens (tertiary/aromatic N) is 2. The first kappa shape index (κ1) is 16.7. The summed E-state index contributed by atoms with van der Waals surface area (Å²) >= 11 is 6.25. The maximum absolute atomic E-state index is 14.3. The first-order chi connectivity index (χ1) is 10.1. The lowest BCUT2D eigenvalue weighted by Crippen LogP contribution is -2.44. The van der Waals surface area contributed by atoms with Gasteiger partial charge in [0.15, 0.2) is 0 Å². The van der Waals surface area contributed by atoms with Gasteiger partial charge in [-0.25, -0.2) is 4.39 Å². The number of likely N-dealkylation sites (N-methyl/N-ethyl adjacent to an activating group) is 1. The third-order valence-electron chi connectivity index (χ3n) is 4.38. The van der Waals surface area contributed by atoms with Crippen LogP contribution in [0.15, 0.2) is 18.2 Å². The molecule has 0 radical (unpaired) electrons. The van der Waals surface area contributed by atoms with Crippen LogP contribution in [0.4, 0.5) is 4.39 Å². The molecule has 2 rings (SSSR count). The number of nitrogens with two attached hydrogens (primary N) is 1. The lowest BCUT2D eigenvalue weighted by atomic mass is 10.0. The molecule has 1 fully saturated rings. The van der Waals surface area contributed by atoms with Crippen molar-refractivity contribution in [2.75, 3.05) is 33.2 Å². The van der Waals surface area contributed by atoms with Crippen LogP contribution in [0.25, 0.3) is 0 Å². The van der Waals surface area contributed by atoms with E-state index in [1.54, 1.807) is 12.1 Å². The highest BCUT2D eigenvalue weighted by molar-refractivity contribution is 6.31. The zero-order chi connectivity index (χ0) is 15.4. The molecule has 2 atom stereocenters. The monoisotopic (exact) mass is 313 g/mol. The molecule has 0 spiro atoms. The average molecular weight is 314 g/mol. The molecule has 1 aromatic carbocycles. The Hall–Kier alpha value is -0.680. The highest BCUT2D eigenvalue weighted by Gasteiger charge is 2.31. The average Bonchev–Trinajstić information content (AvgIpc) is 2.64. The molecule has 0 amide bonds. The van der Waals surface area contributed by atoms with Crippen LogP contribution in [-0.2, 0) is 0 Å². The van der Waals surface area contributed by atoms with Crippen molar-refractivity contribution in [3.05, 3.63) is 34.6 Å². The quantitative estimate of drug-likeness (QED) is 0.927. The predicted octanol–water partition coefficient (Wildman–Crippen LogP) is 2.90. The maximum atomic E-state index is 14.3. The minimum absolute atomic E-state index is 0.157. The van der Waals surface area contributed by atoms with Crippen LogP contribution >= 0.6 is 11.6 Å². The van der Waals surface area contributed by atoms with E-state index in [9.17, 15) is 4.39 Å². The van der Waals surface area contributed by atoms with Crippen molar-refractivity contribution in [3.63, 3.8) is 0 Å². The third-order valence-corrected chi connectivity index (χ3v) is 4.70. The van der Waals surface area contributed by atoms with Crippen LogP contribution in [0.1, 0.15) is 31.4 Å². The van der Waals surface area contributed by atoms with Gasteiger partial charge in [-0.15, -0.1) is 0 Å². The topological polar surface area (TPSA) is 32.5 Å². The standard InChI is InChI=1S/C16H25ClFN3/c1-3-12-11-20(2)8-5-9-21(12)15(10-19)16-13(17)6-4-7-14(16)18/h4,6-7,12,15H,3,5,8-11,19H2,1-2H3. The Bertz CT molecular complexity index is 449. The molecule has 0 saturated carbocycles. The van der Waals surface area contributed by atoms with Crippen LogP contribution in [0.3, 0.4) is 0 Å². The van der Waals surface area contributed by atoms with E-state index in [0.29, 0.717) is 23.2 Å². The van der Waals surface area contributed by atoms with E-state index in [0.717, 1.165) is 32.5 Å². The molecule has 0 aliphatic carbocycles. The molecule has 5 heteroatoms. The summed E-state index contributed by atoms with van der Waals surface area (Å²) in [6.07, 6.45) is 2.09. The molecule has 2 unspecified atom stereocenters. The normalized spacial score (nSPS) is 23.0. The summed E-state index contributed by atoms with van der Waals surface area (Å²) < 4.78 is 14.3. The van der Waals surface area contributed by atoms with Gasteiger partial charge >= 0.3 is 0 Å². The van der Waals surface area contributed by atoms with Crippen LogP contribution in [0, 0.1) is 5.82 Å². The summed E-state index contributed by atoms with van der Waals surface area (Å²) in [6.45, 7) is 5.53. The minimum Gasteiger partial charge on any atom is -0.329 e. The molecule has 0 aromatic heterocycles. The van der Waals surface area contributed by atoms with Crippen LogP contribution in [0.2, 0.25) is 5.02 Å². The fourth-order valence-electron chi connectivity index (χ4n) is 3.28. The lowest BCUT2D eigenvalue weighted by Gasteiger charge is -2.37. The Morgan fingerprint density at radius 3 is 2.81 bits per heavy atom. The van der Waals surface area contributed by atoms with E-state index < -0.39 is 0 Å². The highest BCUT2D eigenvalue weighted by Crippen LogP contribution is 2.32. The van der Waals surface area contributed by atoms with E-state index in [-0.39, 0.29) is 11.9 Å². The molecular weight excluding hydrogens is 289 g/mol. The van der Waals surface area contributed by atoms with Crippen LogP contribution < -0.4 is 5.73 Å². The number of hydrogen-bond donors (Lipinski definition) is 1. The molecule has 1 aliphatic rings. The molecule has 1 saturated heterocycles. The molecule has 1 aromatic rings. The minimum atomic E-state index is -0.259. The third kappa shape index (κ3) is 3.75. The van der Waals surface area contributed by atoms with Gasteiger partial charge in [-0.05, 0) is 38.6 Å². The molecule has 2 N–H and O–H groups in total. The van der Waals surface area contributed by atoms with Crippen LogP contribution in [-0.4, -0.2) is 49.1 Å². The summed E-state index contributed by atoms with van der Waals surface area (Å²) in [5.41, 5.74) is 6.54. The van der Waals surface area contributed by atoms with Gasteiger partial charge in [-0.3, -0.25) is 4.90 Å². The van der Waals surface area contributed by atoms with E-state index in [1.165, 1.54) is 6.07 Å². The number of halogens is 2. The van der Waals surface area contributed by atoms with Crippen molar-refractivity contribution in [2.45, 2.75) is 31.8 Å². The highest BCUT2D eigenvalue weighted by atomic mass is 35.5. The van der Waals surface area contributed by atoms with Gasteiger partial charge in [0, 0.05) is 36.3 Å². The lowest BCUT2D eigenvalue weighted by molar-refractivity contribution is 0.129. The van der Waals surface area contributed by atoms with Gasteiger partial charge < -0.3 is 10.6 Å². The van der Waals surface area contributed by atoms with E-state index in [2.05, 4.69) is 23.8 Å². The predicted molar refractivity (Wildman–Crippen MR) is 86.1 cm³/mol. The largest absolute Gasteiger partial charge is 0.329 e. The summed E-state index contributed by atoms with van der Waals surface area (Å²) in [7, 11) is 2.14. The molecule has 3 nitrogen and oxygen atoms in total. The maximum Gasteiger partial charge on any atom is 0.129 e. The molecule has 1 aliphatic heterocycles. The Morgan fingerprint density at radius 2 is 2.19 bits per heavy atom. The molecular formula is C16H25ClFN3. The van der Waals surface area contributed by atoms with Crippen molar-refractivity contribution in [2.24, 2.45) is 5.73 Å². The van der Waals surface area contributed by atoms with Gasteiger partial charge in [0.05, 0.1) is 6.04 Å². The van der Waals surface area contributed by atoms with Gasteiger partial charge in [-0.2, -0.15) is 0 Å². The van der Waals surface area contributed by atoms with Crippen molar-refractivity contribution < 1.29 is 4.39 Å². The second-order valence-electron chi connectivity index (χ2n) is 5.80. The van der Waals surface area contributed by atoms with Gasteiger partial charge in [-0.1, -0.05) is 24.6 Å². The fourth-order valence-corrected chi connectivity index (χ4v) is 3.57. The first-order valence-corrected chi connectivity index (χ1v) is 8.04.